The van der Waals surface area contributed by atoms with Crippen LogP contribution < -0.4 is 5.32 Å². The van der Waals surface area contributed by atoms with Crippen molar-refractivity contribution in [2.45, 2.75) is 6.42 Å². The fourth-order valence-electron chi connectivity index (χ4n) is 1.69. The van der Waals surface area contributed by atoms with Crippen molar-refractivity contribution in [3.63, 3.8) is 0 Å². The molecule has 1 aliphatic rings. The van der Waals surface area contributed by atoms with Crippen molar-refractivity contribution in [2.24, 2.45) is 11.8 Å². The number of rotatable bonds is 4. The molecule has 6 heteroatoms. The van der Waals surface area contributed by atoms with Crippen LogP contribution in [0.1, 0.15) is 16.8 Å². The average Bonchev–Trinajstić information content (AvgIpc) is 3.09. The van der Waals surface area contributed by atoms with Gasteiger partial charge in [-0.3, -0.25) is 9.59 Å². The Kier molecular flexibility index (Phi) is 3.01. The van der Waals surface area contributed by atoms with Crippen LogP contribution in [-0.2, 0) is 9.59 Å². The number of aliphatic carboxylic acids is 1. The van der Waals surface area contributed by atoms with Gasteiger partial charge < -0.3 is 15.5 Å². The molecule has 18 heavy (non-hydrogen) atoms. The molecule has 0 aliphatic heterocycles. The molecule has 0 radical (unpaired) electrons. The van der Waals surface area contributed by atoms with Crippen LogP contribution in [0.5, 0.6) is 0 Å². The van der Waals surface area contributed by atoms with Crippen LogP contribution in [0.2, 0.25) is 0 Å². The van der Waals surface area contributed by atoms with Gasteiger partial charge in [0.1, 0.15) is 0 Å². The van der Waals surface area contributed by atoms with E-state index in [4.69, 9.17) is 10.2 Å². The van der Waals surface area contributed by atoms with E-state index in [-0.39, 0.29) is 11.5 Å². The lowest BCUT2D eigenvalue weighted by molar-refractivity contribution is -0.139. The number of hydrogen-bond acceptors (Lipinski definition) is 3. The molecule has 3 N–H and O–H groups in total. The largest absolute Gasteiger partial charge is 0.481 e. The molecule has 0 aromatic heterocycles. The van der Waals surface area contributed by atoms with E-state index < -0.39 is 23.8 Å². The minimum atomic E-state index is -1.04. The fourth-order valence-corrected chi connectivity index (χ4v) is 1.69. The van der Waals surface area contributed by atoms with Gasteiger partial charge >= 0.3 is 11.9 Å². The number of hydrogen-bond donors (Lipinski definition) is 3. The van der Waals surface area contributed by atoms with Crippen molar-refractivity contribution in [2.75, 3.05) is 5.32 Å². The summed E-state index contributed by atoms with van der Waals surface area (Å²) >= 11 is 0. The highest BCUT2D eigenvalue weighted by Crippen LogP contribution is 2.39. The van der Waals surface area contributed by atoms with Crippen molar-refractivity contribution in [3.05, 3.63) is 29.8 Å². The number of carbonyl (C=O) groups excluding carboxylic acids is 1. The van der Waals surface area contributed by atoms with Crippen LogP contribution in [0.3, 0.4) is 0 Å². The van der Waals surface area contributed by atoms with E-state index in [9.17, 15) is 14.4 Å². The minimum Gasteiger partial charge on any atom is -0.481 e. The maximum atomic E-state index is 11.6. The summed E-state index contributed by atoms with van der Waals surface area (Å²) in [5.74, 6) is -3.42. The Bertz CT molecular complexity index is 508. The lowest BCUT2D eigenvalue weighted by Gasteiger charge is -2.04. The Morgan fingerprint density at radius 3 is 2.11 bits per heavy atom. The molecule has 1 aromatic rings. The first-order valence-corrected chi connectivity index (χ1v) is 5.36. The number of anilines is 1. The van der Waals surface area contributed by atoms with Gasteiger partial charge in [-0.15, -0.1) is 0 Å². The number of carboxylic acids is 2. The van der Waals surface area contributed by atoms with Crippen LogP contribution in [0.25, 0.3) is 0 Å². The molecule has 0 spiro atoms. The fraction of sp³-hybridized carbons (Fsp3) is 0.250. The summed E-state index contributed by atoms with van der Waals surface area (Å²) in [4.78, 5) is 32.8. The smallest absolute Gasteiger partial charge is 0.335 e. The lowest BCUT2D eigenvalue weighted by atomic mass is 10.2. The molecule has 2 atom stereocenters. The first-order valence-electron chi connectivity index (χ1n) is 5.36. The summed E-state index contributed by atoms with van der Waals surface area (Å²) in [5, 5.41) is 19.9. The van der Waals surface area contributed by atoms with Crippen LogP contribution in [0.4, 0.5) is 5.69 Å². The quantitative estimate of drug-likeness (QED) is 0.739. The predicted molar refractivity (Wildman–Crippen MR) is 61.3 cm³/mol. The van der Waals surface area contributed by atoms with Crippen LogP contribution >= 0.6 is 0 Å². The Labute approximate surface area is 102 Å². The second-order valence-corrected chi connectivity index (χ2v) is 4.16. The third kappa shape index (κ3) is 2.48. The molecular formula is C12H11NO5. The monoisotopic (exact) mass is 249 g/mol. The molecule has 0 heterocycles. The minimum absolute atomic E-state index is 0.128. The van der Waals surface area contributed by atoms with Crippen LogP contribution in [0.15, 0.2) is 24.3 Å². The first kappa shape index (κ1) is 12.1. The predicted octanol–water partition coefficient (Wildman–Crippen LogP) is 1.04. The number of amides is 1. The second-order valence-electron chi connectivity index (χ2n) is 4.16. The van der Waals surface area contributed by atoms with Gasteiger partial charge in [0, 0.05) is 5.69 Å². The van der Waals surface area contributed by atoms with Gasteiger partial charge in [-0.25, -0.2) is 4.79 Å². The highest BCUT2D eigenvalue weighted by Gasteiger charge is 2.48. The van der Waals surface area contributed by atoms with Crippen molar-refractivity contribution >= 4 is 23.5 Å². The van der Waals surface area contributed by atoms with Crippen molar-refractivity contribution < 1.29 is 24.6 Å². The summed E-state index contributed by atoms with van der Waals surface area (Å²) in [5.41, 5.74) is 0.587. The van der Waals surface area contributed by atoms with Gasteiger partial charge in [0.2, 0.25) is 5.91 Å². The van der Waals surface area contributed by atoms with Gasteiger partial charge in [-0.2, -0.15) is 0 Å². The molecule has 6 nitrogen and oxygen atoms in total. The van der Waals surface area contributed by atoms with Gasteiger partial charge in [-0.1, -0.05) is 0 Å². The molecule has 1 aliphatic carbocycles. The average molecular weight is 249 g/mol. The number of aromatic carboxylic acids is 1. The number of nitrogens with one attached hydrogen (secondary N) is 1. The Hall–Kier alpha value is -2.37. The van der Waals surface area contributed by atoms with Gasteiger partial charge in [0.25, 0.3) is 0 Å². The zero-order chi connectivity index (χ0) is 13.3. The number of carbonyl (C=O) groups is 3. The number of benzene rings is 1. The van der Waals surface area contributed by atoms with Crippen molar-refractivity contribution in [3.8, 4) is 0 Å². The van der Waals surface area contributed by atoms with Crippen molar-refractivity contribution in [1.29, 1.82) is 0 Å². The molecule has 1 aromatic carbocycles. The SMILES string of the molecule is O=C(O)c1ccc(NC(=O)[C@@H]2C[C@@H]2C(=O)O)cc1. The summed E-state index contributed by atoms with van der Waals surface area (Å²) in [6, 6.07) is 5.69. The molecule has 1 fully saturated rings. The summed E-state index contributed by atoms with van der Waals surface area (Å²) in [6.07, 6.45) is 0.356. The number of carboxylic acid groups (broad SMARTS) is 2. The molecule has 0 saturated heterocycles. The third-order valence-electron chi connectivity index (χ3n) is 2.84. The normalized spacial score (nSPS) is 21.1. The Balaban J connectivity index is 1.96. The van der Waals surface area contributed by atoms with Crippen LogP contribution in [0, 0.1) is 11.8 Å². The highest BCUT2D eigenvalue weighted by atomic mass is 16.4. The van der Waals surface area contributed by atoms with E-state index >= 15 is 0 Å². The van der Waals surface area contributed by atoms with Gasteiger partial charge in [0.15, 0.2) is 0 Å². The highest BCUT2D eigenvalue weighted by molar-refractivity contribution is 5.98. The Morgan fingerprint density at radius 1 is 1.06 bits per heavy atom. The topological polar surface area (TPSA) is 104 Å². The lowest BCUT2D eigenvalue weighted by Crippen LogP contribution is -2.16. The molecule has 1 amide bonds. The van der Waals surface area contributed by atoms with E-state index in [2.05, 4.69) is 5.32 Å². The van der Waals surface area contributed by atoms with Crippen LogP contribution in [-0.4, -0.2) is 28.1 Å². The summed E-state index contributed by atoms with van der Waals surface area (Å²) in [7, 11) is 0. The summed E-state index contributed by atoms with van der Waals surface area (Å²) < 4.78 is 0. The van der Waals surface area contributed by atoms with E-state index in [0.29, 0.717) is 12.1 Å². The summed E-state index contributed by atoms with van der Waals surface area (Å²) in [6.45, 7) is 0. The van der Waals surface area contributed by atoms with Gasteiger partial charge in [0.05, 0.1) is 17.4 Å². The van der Waals surface area contributed by atoms with Crippen molar-refractivity contribution in [1.82, 2.24) is 0 Å². The first-order chi connectivity index (χ1) is 8.49. The van der Waals surface area contributed by atoms with Gasteiger partial charge in [-0.05, 0) is 30.7 Å². The third-order valence-corrected chi connectivity index (χ3v) is 2.84. The standard InChI is InChI=1S/C12H11NO5/c14-10(8-5-9(8)12(17)18)13-7-3-1-6(2-4-7)11(15)16/h1-4,8-9H,5H2,(H,13,14)(H,15,16)(H,17,18)/t8-,9+/m1/s1. The molecular weight excluding hydrogens is 238 g/mol. The second kappa shape index (κ2) is 4.48. The van der Waals surface area contributed by atoms with E-state index in [1.165, 1.54) is 24.3 Å². The Morgan fingerprint density at radius 2 is 1.67 bits per heavy atom. The van der Waals surface area contributed by atoms with E-state index in [1.54, 1.807) is 0 Å². The molecule has 2 rings (SSSR count). The maximum Gasteiger partial charge on any atom is 0.335 e. The zero-order valence-corrected chi connectivity index (χ0v) is 9.29. The van der Waals surface area contributed by atoms with E-state index in [1.807, 2.05) is 0 Å². The molecule has 94 valence electrons. The molecule has 0 unspecified atom stereocenters. The van der Waals surface area contributed by atoms with E-state index in [0.717, 1.165) is 0 Å². The zero-order valence-electron chi connectivity index (χ0n) is 9.29. The molecule has 1 saturated carbocycles. The molecule has 0 bridgehead atoms. The maximum absolute atomic E-state index is 11.6.